The van der Waals surface area contributed by atoms with Crippen LogP contribution in [0.5, 0.6) is 0 Å². The summed E-state index contributed by atoms with van der Waals surface area (Å²) in [4.78, 5) is 14.6. The maximum Gasteiger partial charge on any atom is 0.322 e. The Labute approximate surface area is 149 Å². The van der Waals surface area contributed by atoms with Crippen molar-refractivity contribution in [2.24, 2.45) is 0 Å². The number of fused-ring (bicyclic) bond motifs is 4. The van der Waals surface area contributed by atoms with Crippen LogP contribution in [0.25, 0.3) is 0 Å². The molecule has 1 aromatic heterocycles. The van der Waals surface area contributed by atoms with Crippen molar-refractivity contribution < 1.29 is 9.52 Å². The Kier molecular flexibility index (Phi) is 3.77. The molecule has 24 heavy (non-hydrogen) atoms. The molecular formula is C17H15Cl2N3O2. The van der Waals surface area contributed by atoms with Gasteiger partial charge in [-0.1, -0.05) is 23.2 Å². The molecule has 4 rings (SSSR count). The predicted octanol–water partition coefficient (Wildman–Crippen LogP) is 3.92. The Morgan fingerprint density at radius 1 is 1.25 bits per heavy atom. The highest BCUT2D eigenvalue weighted by Crippen LogP contribution is 2.43. The van der Waals surface area contributed by atoms with Gasteiger partial charge in [0.2, 0.25) is 0 Å². The van der Waals surface area contributed by atoms with Crippen LogP contribution >= 0.6 is 23.2 Å². The molecule has 1 aromatic carbocycles. The van der Waals surface area contributed by atoms with Crippen molar-refractivity contribution in [3.8, 4) is 0 Å². The second-order valence-corrected chi connectivity index (χ2v) is 7.02. The van der Waals surface area contributed by atoms with E-state index in [0.717, 1.165) is 35.1 Å². The van der Waals surface area contributed by atoms with E-state index in [0.29, 0.717) is 15.7 Å². The summed E-state index contributed by atoms with van der Waals surface area (Å²) in [6, 6.07) is 6.80. The number of carbonyl (C=O) groups excluding carboxylic acids is 1. The first kappa shape index (κ1) is 15.5. The van der Waals surface area contributed by atoms with Gasteiger partial charge in [0.05, 0.1) is 16.1 Å². The zero-order valence-corrected chi connectivity index (χ0v) is 14.2. The normalized spacial score (nSPS) is 21.5. The van der Waals surface area contributed by atoms with Crippen molar-refractivity contribution in [1.82, 2.24) is 4.90 Å². The molecule has 2 bridgehead atoms. The predicted molar refractivity (Wildman–Crippen MR) is 92.2 cm³/mol. The molecule has 124 valence electrons. The molecule has 0 saturated carbocycles. The molecule has 2 aromatic rings. The van der Waals surface area contributed by atoms with E-state index in [-0.39, 0.29) is 18.1 Å². The van der Waals surface area contributed by atoms with Crippen LogP contribution in [-0.4, -0.2) is 17.0 Å². The molecule has 1 saturated heterocycles. The van der Waals surface area contributed by atoms with Crippen molar-refractivity contribution in [2.45, 2.75) is 31.3 Å². The summed E-state index contributed by atoms with van der Waals surface area (Å²) in [6.07, 6.45) is 5.69. The zero-order valence-electron chi connectivity index (χ0n) is 12.7. The number of pyridine rings is 1. The van der Waals surface area contributed by atoms with E-state index in [4.69, 9.17) is 23.2 Å². The number of benzene rings is 1. The Balaban J connectivity index is 1.60. The molecule has 2 atom stereocenters. The molecule has 2 amide bonds. The van der Waals surface area contributed by atoms with Crippen LogP contribution < -0.4 is 10.0 Å². The standard InChI is InChI=1S/C17H15Cl2N3O2/c18-14-3-1-11(8-15(14)19)20-17(23)22-12-2-4-16(22)13-9-21(24)6-5-10(13)7-12/h1,3,5-6,8-9,12,16H,2,4,7H2,(H,20,23). The van der Waals surface area contributed by atoms with Gasteiger partial charge in [-0.15, -0.1) is 0 Å². The molecular weight excluding hydrogens is 349 g/mol. The van der Waals surface area contributed by atoms with E-state index in [1.165, 1.54) is 6.20 Å². The van der Waals surface area contributed by atoms with Crippen LogP contribution in [0.2, 0.25) is 10.0 Å². The molecule has 0 aliphatic carbocycles. The molecule has 1 N–H and O–H groups in total. The van der Waals surface area contributed by atoms with Gasteiger partial charge in [0, 0.05) is 23.4 Å². The summed E-state index contributed by atoms with van der Waals surface area (Å²) in [5, 5.41) is 15.4. The Morgan fingerprint density at radius 3 is 2.88 bits per heavy atom. The molecule has 7 heteroatoms. The quantitative estimate of drug-likeness (QED) is 0.616. The number of hydrogen-bond acceptors (Lipinski definition) is 2. The smallest absolute Gasteiger partial charge is 0.322 e. The molecule has 0 spiro atoms. The molecule has 0 radical (unpaired) electrons. The molecule has 2 aliphatic heterocycles. The SMILES string of the molecule is O=C(Nc1ccc(Cl)c(Cl)c1)N1C2CCC1c1c[n+]([O-])ccc1C2. The van der Waals surface area contributed by atoms with Crippen LogP contribution in [0.1, 0.15) is 30.0 Å². The van der Waals surface area contributed by atoms with Crippen molar-refractivity contribution in [3.05, 3.63) is 63.0 Å². The summed E-state index contributed by atoms with van der Waals surface area (Å²) in [7, 11) is 0. The molecule has 2 aliphatic rings. The third-order valence-electron chi connectivity index (χ3n) is 4.78. The highest BCUT2D eigenvalue weighted by atomic mass is 35.5. The van der Waals surface area contributed by atoms with Gasteiger partial charge in [-0.3, -0.25) is 0 Å². The second kappa shape index (κ2) is 5.83. The first-order valence-corrected chi connectivity index (χ1v) is 8.54. The lowest BCUT2D eigenvalue weighted by atomic mass is 9.95. The van der Waals surface area contributed by atoms with Gasteiger partial charge in [0.1, 0.15) is 0 Å². The van der Waals surface area contributed by atoms with E-state index >= 15 is 0 Å². The summed E-state index contributed by atoms with van der Waals surface area (Å²) >= 11 is 11.9. The van der Waals surface area contributed by atoms with Gasteiger partial charge < -0.3 is 15.4 Å². The molecule has 2 unspecified atom stereocenters. The average molecular weight is 364 g/mol. The maximum atomic E-state index is 12.8. The Hall–Kier alpha value is -1.98. The number of anilines is 1. The fraction of sp³-hybridized carbons (Fsp3) is 0.294. The minimum Gasteiger partial charge on any atom is -0.619 e. The third-order valence-corrected chi connectivity index (χ3v) is 5.52. The van der Waals surface area contributed by atoms with Crippen molar-refractivity contribution in [2.75, 3.05) is 5.32 Å². The minimum absolute atomic E-state index is 0.0528. The van der Waals surface area contributed by atoms with Crippen LogP contribution in [0.3, 0.4) is 0 Å². The van der Waals surface area contributed by atoms with E-state index in [1.807, 2.05) is 11.0 Å². The molecule has 3 heterocycles. The van der Waals surface area contributed by atoms with E-state index in [9.17, 15) is 10.0 Å². The van der Waals surface area contributed by atoms with Crippen LogP contribution in [0.15, 0.2) is 36.7 Å². The van der Waals surface area contributed by atoms with E-state index < -0.39 is 0 Å². The Morgan fingerprint density at radius 2 is 2.08 bits per heavy atom. The number of hydrogen-bond donors (Lipinski definition) is 1. The molecule has 5 nitrogen and oxygen atoms in total. The summed E-state index contributed by atoms with van der Waals surface area (Å²) < 4.78 is 0.798. The number of amides is 2. The first-order valence-electron chi connectivity index (χ1n) is 7.79. The van der Waals surface area contributed by atoms with Crippen molar-refractivity contribution >= 4 is 34.9 Å². The Bertz CT molecular complexity index is 827. The number of nitrogens with one attached hydrogen (secondary N) is 1. The lowest BCUT2D eigenvalue weighted by molar-refractivity contribution is -0.606. The van der Waals surface area contributed by atoms with Gasteiger partial charge >= 0.3 is 6.03 Å². The minimum atomic E-state index is -0.173. The zero-order chi connectivity index (χ0) is 16.8. The summed E-state index contributed by atoms with van der Waals surface area (Å²) in [5.41, 5.74) is 2.71. The lowest BCUT2D eigenvalue weighted by Crippen LogP contribution is -2.45. The third kappa shape index (κ3) is 2.58. The maximum absolute atomic E-state index is 12.8. The first-order chi connectivity index (χ1) is 11.5. The number of carbonyl (C=O) groups is 1. The highest BCUT2D eigenvalue weighted by molar-refractivity contribution is 6.42. The molecule has 1 fully saturated rings. The summed E-state index contributed by atoms with van der Waals surface area (Å²) in [6.45, 7) is 0. The topological polar surface area (TPSA) is 59.3 Å². The number of halogens is 2. The largest absolute Gasteiger partial charge is 0.619 e. The summed E-state index contributed by atoms with van der Waals surface area (Å²) in [5.74, 6) is 0. The van der Waals surface area contributed by atoms with Crippen LogP contribution in [-0.2, 0) is 6.42 Å². The van der Waals surface area contributed by atoms with Gasteiger partial charge in [-0.05, 0) is 43.0 Å². The van der Waals surface area contributed by atoms with Gasteiger partial charge in [0.15, 0.2) is 12.4 Å². The highest BCUT2D eigenvalue weighted by Gasteiger charge is 2.43. The van der Waals surface area contributed by atoms with E-state index in [2.05, 4.69) is 5.32 Å². The average Bonchev–Trinajstić information content (AvgIpc) is 2.88. The number of urea groups is 1. The van der Waals surface area contributed by atoms with Crippen molar-refractivity contribution in [3.63, 3.8) is 0 Å². The van der Waals surface area contributed by atoms with E-state index in [1.54, 1.807) is 24.4 Å². The van der Waals surface area contributed by atoms with Gasteiger partial charge in [-0.2, -0.15) is 4.73 Å². The van der Waals surface area contributed by atoms with Gasteiger partial charge in [0.25, 0.3) is 0 Å². The van der Waals surface area contributed by atoms with Gasteiger partial charge in [-0.25, -0.2) is 4.79 Å². The number of nitrogens with zero attached hydrogens (tertiary/aromatic N) is 2. The number of aromatic nitrogens is 1. The fourth-order valence-electron chi connectivity index (χ4n) is 3.72. The van der Waals surface area contributed by atoms with Crippen molar-refractivity contribution in [1.29, 1.82) is 0 Å². The van der Waals surface area contributed by atoms with Crippen LogP contribution in [0, 0.1) is 5.21 Å². The number of rotatable bonds is 1. The van der Waals surface area contributed by atoms with Crippen LogP contribution in [0.4, 0.5) is 10.5 Å². The lowest BCUT2D eigenvalue weighted by Gasteiger charge is -2.35. The second-order valence-electron chi connectivity index (χ2n) is 6.20. The monoisotopic (exact) mass is 363 g/mol. The fourth-order valence-corrected chi connectivity index (χ4v) is 4.02.